The summed E-state index contributed by atoms with van der Waals surface area (Å²) in [7, 11) is 1.71. The Morgan fingerprint density at radius 1 is 1.28 bits per heavy atom. The summed E-state index contributed by atoms with van der Waals surface area (Å²) < 4.78 is 1.56. The minimum absolute atomic E-state index is 0.133. The van der Waals surface area contributed by atoms with Crippen molar-refractivity contribution >= 4 is 16.6 Å². The predicted octanol–water partition coefficient (Wildman–Crippen LogP) is 0.304. The number of rotatable bonds is 4. The highest BCUT2D eigenvalue weighted by molar-refractivity contribution is 5.91. The number of aryl methyl sites for hydroxylation is 1. The third-order valence-electron chi connectivity index (χ3n) is 2.95. The summed E-state index contributed by atoms with van der Waals surface area (Å²) in [6, 6.07) is 8.49. The van der Waals surface area contributed by atoms with Crippen LogP contribution in [0.2, 0.25) is 0 Å². The van der Waals surface area contributed by atoms with Gasteiger partial charge in [0.1, 0.15) is 0 Å². The van der Waals surface area contributed by atoms with Gasteiger partial charge in [0, 0.05) is 24.2 Å². The van der Waals surface area contributed by atoms with Crippen LogP contribution in [0.5, 0.6) is 0 Å². The monoisotopic (exact) mass is 248 g/mol. The van der Waals surface area contributed by atoms with Crippen molar-refractivity contribution in [3.63, 3.8) is 0 Å². The van der Waals surface area contributed by atoms with Gasteiger partial charge in [-0.2, -0.15) is 0 Å². The van der Waals surface area contributed by atoms with Crippen molar-refractivity contribution in [3.8, 4) is 0 Å². The maximum Gasteiger partial charge on any atom is 0.252 e. The fraction of sp³-hybridized carbons (Fsp3) is 0.308. The first kappa shape index (κ1) is 12.6. The fourth-order valence-corrected chi connectivity index (χ4v) is 1.90. The van der Waals surface area contributed by atoms with Crippen LogP contribution < -0.4 is 10.9 Å². The van der Waals surface area contributed by atoms with Crippen molar-refractivity contribution in [2.24, 2.45) is 7.05 Å². The fourth-order valence-electron chi connectivity index (χ4n) is 1.90. The lowest BCUT2D eigenvalue weighted by atomic mass is 10.1. The molecule has 0 aliphatic rings. The number of fused-ring (bicyclic) bond motifs is 1. The first-order chi connectivity index (χ1) is 8.67. The maximum absolute atomic E-state index is 11.8. The Morgan fingerprint density at radius 2 is 1.94 bits per heavy atom. The molecule has 2 rings (SSSR count). The highest BCUT2D eigenvalue weighted by Gasteiger charge is 2.10. The number of aromatic nitrogens is 1. The summed E-state index contributed by atoms with van der Waals surface area (Å²) in [5.74, 6) is 0. The number of hydrogen-bond donors (Lipinski definition) is 3. The smallest absolute Gasteiger partial charge is 0.252 e. The van der Waals surface area contributed by atoms with Crippen LogP contribution in [0.3, 0.4) is 0 Å². The summed E-state index contributed by atoms with van der Waals surface area (Å²) in [6.07, 6.45) is 0. The van der Waals surface area contributed by atoms with E-state index in [9.17, 15) is 4.79 Å². The Morgan fingerprint density at radius 3 is 2.61 bits per heavy atom. The van der Waals surface area contributed by atoms with Gasteiger partial charge >= 0.3 is 0 Å². The third kappa shape index (κ3) is 2.23. The Balaban J connectivity index is 2.57. The molecule has 2 aromatic rings. The number of nitrogens with zero attached hydrogens (tertiary/aromatic N) is 1. The zero-order valence-corrected chi connectivity index (χ0v) is 10.1. The van der Waals surface area contributed by atoms with Crippen LogP contribution in [-0.4, -0.2) is 34.0 Å². The highest BCUT2D eigenvalue weighted by Crippen LogP contribution is 2.21. The molecule has 1 aromatic carbocycles. The van der Waals surface area contributed by atoms with Crippen LogP contribution in [0, 0.1) is 0 Å². The molecule has 0 bridgehead atoms. The van der Waals surface area contributed by atoms with E-state index in [2.05, 4.69) is 5.32 Å². The van der Waals surface area contributed by atoms with E-state index >= 15 is 0 Å². The van der Waals surface area contributed by atoms with Crippen LogP contribution in [0.25, 0.3) is 10.9 Å². The number of para-hydroxylation sites is 1. The molecule has 0 spiro atoms. The van der Waals surface area contributed by atoms with Crippen LogP contribution >= 0.6 is 0 Å². The first-order valence-corrected chi connectivity index (χ1v) is 5.74. The van der Waals surface area contributed by atoms with E-state index in [1.807, 2.05) is 24.3 Å². The third-order valence-corrected chi connectivity index (χ3v) is 2.95. The molecular weight excluding hydrogens is 232 g/mol. The van der Waals surface area contributed by atoms with Crippen molar-refractivity contribution in [1.29, 1.82) is 0 Å². The summed E-state index contributed by atoms with van der Waals surface area (Å²) in [5.41, 5.74) is 1.30. The molecule has 3 N–H and O–H groups in total. The molecule has 0 fully saturated rings. The molecule has 0 aliphatic carbocycles. The summed E-state index contributed by atoms with van der Waals surface area (Å²) in [4.78, 5) is 11.8. The summed E-state index contributed by atoms with van der Waals surface area (Å²) >= 11 is 0. The molecule has 5 nitrogen and oxygen atoms in total. The molecule has 0 aliphatic heterocycles. The Labute approximate surface area is 104 Å². The zero-order valence-electron chi connectivity index (χ0n) is 10.1. The van der Waals surface area contributed by atoms with Gasteiger partial charge in [-0.1, -0.05) is 18.2 Å². The van der Waals surface area contributed by atoms with Crippen LogP contribution in [-0.2, 0) is 7.05 Å². The lowest BCUT2D eigenvalue weighted by Crippen LogP contribution is -2.29. The van der Waals surface area contributed by atoms with E-state index < -0.39 is 6.04 Å². The van der Waals surface area contributed by atoms with Gasteiger partial charge in [0.15, 0.2) is 0 Å². The number of hydrogen-bond acceptors (Lipinski definition) is 4. The van der Waals surface area contributed by atoms with Crippen molar-refractivity contribution in [2.45, 2.75) is 6.04 Å². The van der Waals surface area contributed by atoms with Crippen molar-refractivity contribution in [2.75, 3.05) is 18.5 Å². The Bertz CT molecular complexity index is 603. The Kier molecular flexibility index (Phi) is 3.64. The molecule has 18 heavy (non-hydrogen) atoms. The van der Waals surface area contributed by atoms with E-state index in [4.69, 9.17) is 10.2 Å². The predicted molar refractivity (Wildman–Crippen MR) is 70.8 cm³/mol. The van der Waals surface area contributed by atoms with Crippen LogP contribution in [0.15, 0.2) is 35.1 Å². The van der Waals surface area contributed by atoms with Gasteiger partial charge in [-0.05, 0) is 6.07 Å². The van der Waals surface area contributed by atoms with Gasteiger partial charge in [-0.3, -0.25) is 4.79 Å². The number of anilines is 1. The topological polar surface area (TPSA) is 74.5 Å². The van der Waals surface area contributed by atoms with Gasteiger partial charge in [0.25, 0.3) is 5.56 Å². The highest BCUT2D eigenvalue weighted by atomic mass is 16.3. The van der Waals surface area contributed by atoms with Crippen molar-refractivity contribution in [3.05, 3.63) is 40.7 Å². The van der Waals surface area contributed by atoms with Crippen LogP contribution in [0.1, 0.15) is 0 Å². The normalized spacial score (nSPS) is 11.1. The first-order valence-electron chi connectivity index (χ1n) is 5.74. The number of pyridine rings is 1. The van der Waals surface area contributed by atoms with E-state index in [1.165, 1.54) is 6.07 Å². The summed E-state index contributed by atoms with van der Waals surface area (Å²) in [6.45, 7) is -0.389. The van der Waals surface area contributed by atoms with E-state index in [0.717, 1.165) is 10.9 Å². The van der Waals surface area contributed by atoms with Crippen molar-refractivity contribution < 1.29 is 10.2 Å². The molecule has 1 heterocycles. The van der Waals surface area contributed by atoms with Gasteiger partial charge < -0.3 is 20.1 Å². The van der Waals surface area contributed by atoms with Crippen LogP contribution in [0.4, 0.5) is 5.69 Å². The molecule has 96 valence electrons. The molecule has 1 aromatic heterocycles. The average Bonchev–Trinajstić information content (AvgIpc) is 2.41. The number of benzene rings is 1. The molecule has 0 radical (unpaired) electrons. The number of nitrogens with one attached hydrogen (secondary N) is 1. The lowest BCUT2D eigenvalue weighted by molar-refractivity contribution is 0.204. The Hall–Kier alpha value is -1.85. The minimum Gasteiger partial charge on any atom is -0.394 e. The quantitative estimate of drug-likeness (QED) is 0.727. The van der Waals surface area contributed by atoms with E-state index in [0.29, 0.717) is 5.69 Å². The van der Waals surface area contributed by atoms with E-state index in [-0.39, 0.29) is 18.8 Å². The number of aliphatic hydroxyl groups is 2. The molecule has 0 unspecified atom stereocenters. The molecule has 0 amide bonds. The average molecular weight is 248 g/mol. The minimum atomic E-state index is -0.472. The maximum atomic E-state index is 11.8. The van der Waals surface area contributed by atoms with Gasteiger partial charge in [-0.15, -0.1) is 0 Å². The molecule has 0 saturated heterocycles. The second kappa shape index (κ2) is 5.20. The SMILES string of the molecule is Cn1c(=O)cc(NC(CO)CO)c2ccccc21. The molecule has 5 heteroatoms. The second-order valence-electron chi connectivity index (χ2n) is 4.18. The second-order valence-corrected chi connectivity index (χ2v) is 4.18. The largest absolute Gasteiger partial charge is 0.394 e. The van der Waals surface area contributed by atoms with E-state index in [1.54, 1.807) is 11.6 Å². The standard InChI is InChI=1S/C13H16N2O3/c1-15-12-5-3-2-4-10(12)11(6-13(15)18)14-9(7-16)8-17/h2-6,9,14,16-17H,7-8H2,1H3. The molecule has 0 saturated carbocycles. The summed E-state index contributed by atoms with van der Waals surface area (Å²) in [5, 5.41) is 22.0. The lowest BCUT2D eigenvalue weighted by Gasteiger charge is -2.17. The number of aliphatic hydroxyl groups excluding tert-OH is 2. The molecule has 0 atom stereocenters. The zero-order chi connectivity index (χ0) is 13.1. The molecular formula is C13H16N2O3. The van der Waals surface area contributed by atoms with Gasteiger partial charge in [-0.25, -0.2) is 0 Å². The van der Waals surface area contributed by atoms with Gasteiger partial charge in [0.2, 0.25) is 0 Å². The van der Waals surface area contributed by atoms with Crippen molar-refractivity contribution in [1.82, 2.24) is 4.57 Å². The van der Waals surface area contributed by atoms with Gasteiger partial charge in [0.05, 0.1) is 24.8 Å².